The first kappa shape index (κ1) is 14.0. The first-order valence-corrected chi connectivity index (χ1v) is 7.67. The fourth-order valence-electron chi connectivity index (χ4n) is 2.07. The first-order valence-electron chi connectivity index (χ1n) is 6.07. The van der Waals surface area contributed by atoms with E-state index < -0.39 is 0 Å². The lowest BCUT2D eigenvalue weighted by Crippen LogP contribution is -2.17. The number of nitrogens with zero attached hydrogens (tertiary/aromatic N) is 3. The van der Waals surface area contributed by atoms with Gasteiger partial charge in [0.2, 0.25) is 0 Å². The lowest BCUT2D eigenvalue weighted by atomic mass is 10.2. The maximum Gasteiger partial charge on any atom is 0.183 e. The minimum atomic E-state index is 0.562. The monoisotopic (exact) mass is 294 g/mol. The van der Waals surface area contributed by atoms with Gasteiger partial charge in [-0.3, -0.25) is 5.32 Å². The van der Waals surface area contributed by atoms with Crippen molar-refractivity contribution in [3.8, 4) is 6.19 Å². The van der Waals surface area contributed by atoms with Crippen LogP contribution in [0.25, 0.3) is 0 Å². The highest BCUT2D eigenvalue weighted by Gasteiger charge is 2.15. The first-order chi connectivity index (χ1) is 9.24. The molecule has 1 fully saturated rings. The lowest BCUT2D eigenvalue weighted by molar-refractivity contribution is 0.949. The predicted octanol–water partition coefficient (Wildman–Crippen LogP) is 3.36. The Morgan fingerprint density at radius 3 is 2.79 bits per heavy atom. The number of amidine groups is 1. The van der Waals surface area contributed by atoms with Crippen molar-refractivity contribution in [3.05, 3.63) is 23.2 Å². The van der Waals surface area contributed by atoms with E-state index in [4.69, 9.17) is 16.9 Å². The topological polar surface area (TPSA) is 51.4 Å². The van der Waals surface area contributed by atoms with Crippen LogP contribution < -0.4 is 10.2 Å². The van der Waals surface area contributed by atoms with E-state index >= 15 is 0 Å². The largest absolute Gasteiger partial charge is 0.370 e. The Morgan fingerprint density at radius 2 is 2.21 bits per heavy atom. The summed E-state index contributed by atoms with van der Waals surface area (Å²) >= 11 is 7.70. The Morgan fingerprint density at radius 1 is 1.47 bits per heavy atom. The fraction of sp³-hybridized carbons (Fsp3) is 0.385. The van der Waals surface area contributed by atoms with Crippen molar-refractivity contribution in [2.24, 2.45) is 4.99 Å². The van der Waals surface area contributed by atoms with Crippen LogP contribution in [-0.2, 0) is 0 Å². The van der Waals surface area contributed by atoms with Crippen molar-refractivity contribution in [1.82, 2.24) is 5.32 Å². The molecular formula is C13H15ClN4S. The highest BCUT2D eigenvalue weighted by molar-refractivity contribution is 8.13. The summed E-state index contributed by atoms with van der Waals surface area (Å²) in [5.41, 5.74) is 1.82. The molecule has 0 atom stereocenters. The quantitative estimate of drug-likeness (QED) is 0.393. The van der Waals surface area contributed by atoms with Crippen LogP contribution in [0.4, 0.5) is 11.4 Å². The number of thioether (sulfide) groups is 1. The van der Waals surface area contributed by atoms with Crippen molar-refractivity contribution in [1.29, 1.82) is 5.26 Å². The van der Waals surface area contributed by atoms with E-state index in [1.165, 1.54) is 24.6 Å². The smallest absolute Gasteiger partial charge is 0.183 e. The molecule has 1 saturated heterocycles. The number of benzene rings is 1. The van der Waals surface area contributed by atoms with Crippen LogP contribution in [0, 0.1) is 11.5 Å². The van der Waals surface area contributed by atoms with Gasteiger partial charge in [-0.05, 0) is 37.3 Å². The van der Waals surface area contributed by atoms with Crippen LogP contribution >= 0.6 is 23.4 Å². The zero-order valence-corrected chi connectivity index (χ0v) is 12.3. The second kappa shape index (κ2) is 6.69. The van der Waals surface area contributed by atoms with E-state index in [2.05, 4.69) is 15.2 Å². The Kier molecular flexibility index (Phi) is 4.94. The molecule has 0 amide bonds. The van der Waals surface area contributed by atoms with Gasteiger partial charge in [-0.2, -0.15) is 5.26 Å². The number of nitriles is 1. The van der Waals surface area contributed by atoms with E-state index in [1.54, 1.807) is 0 Å². The molecule has 0 radical (unpaired) electrons. The fourth-order valence-corrected chi connectivity index (χ4v) is 2.71. The molecule has 100 valence electrons. The summed E-state index contributed by atoms with van der Waals surface area (Å²) < 4.78 is 0. The van der Waals surface area contributed by atoms with Gasteiger partial charge in [0.25, 0.3) is 0 Å². The molecule has 0 saturated carbocycles. The molecule has 0 aromatic heterocycles. The van der Waals surface area contributed by atoms with Crippen molar-refractivity contribution in [3.63, 3.8) is 0 Å². The molecule has 0 spiro atoms. The van der Waals surface area contributed by atoms with Crippen molar-refractivity contribution in [2.45, 2.75) is 12.8 Å². The molecule has 0 unspecified atom stereocenters. The van der Waals surface area contributed by atoms with Gasteiger partial charge in [-0.15, -0.1) is 0 Å². The van der Waals surface area contributed by atoms with Gasteiger partial charge in [-0.1, -0.05) is 23.4 Å². The normalized spacial score (nSPS) is 15.4. The van der Waals surface area contributed by atoms with Gasteiger partial charge in [0.15, 0.2) is 11.4 Å². The molecule has 1 aliphatic rings. The van der Waals surface area contributed by atoms with Crippen molar-refractivity contribution in [2.75, 3.05) is 24.2 Å². The standard InChI is InChI=1S/C13H15ClN4S/c1-19-13(16-9-15)17-10-4-5-12(11(14)8-10)18-6-2-3-7-18/h4-5,8H,2-3,6-7H2,1H3,(H,16,17). The van der Waals surface area contributed by atoms with Crippen LogP contribution in [0.5, 0.6) is 0 Å². The molecule has 6 heteroatoms. The minimum absolute atomic E-state index is 0.562. The zero-order valence-electron chi connectivity index (χ0n) is 10.7. The molecule has 1 aromatic carbocycles. The zero-order chi connectivity index (χ0) is 13.7. The molecule has 1 aliphatic heterocycles. The number of hydrogen-bond donors (Lipinski definition) is 1. The Bertz CT molecular complexity index is 518. The van der Waals surface area contributed by atoms with E-state index in [1.807, 2.05) is 30.6 Å². The van der Waals surface area contributed by atoms with Gasteiger partial charge in [-0.25, -0.2) is 4.99 Å². The van der Waals surface area contributed by atoms with Crippen molar-refractivity contribution < 1.29 is 0 Å². The summed E-state index contributed by atoms with van der Waals surface area (Å²) in [5, 5.41) is 12.4. The molecule has 1 aromatic rings. The average Bonchev–Trinajstić information content (AvgIpc) is 2.92. The molecule has 4 nitrogen and oxygen atoms in total. The summed E-state index contributed by atoms with van der Waals surface area (Å²) in [6, 6.07) is 5.76. The van der Waals surface area contributed by atoms with E-state index in [0.29, 0.717) is 10.2 Å². The van der Waals surface area contributed by atoms with Crippen LogP contribution in [0.3, 0.4) is 0 Å². The highest BCUT2D eigenvalue weighted by Crippen LogP contribution is 2.32. The van der Waals surface area contributed by atoms with Gasteiger partial charge in [0.05, 0.1) is 16.4 Å². The number of anilines is 1. The highest BCUT2D eigenvalue weighted by atomic mass is 35.5. The van der Waals surface area contributed by atoms with Gasteiger partial charge in [0.1, 0.15) is 0 Å². The van der Waals surface area contributed by atoms with E-state index in [9.17, 15) is 0 Å². The van der Waals surface area contributed by atoms with Crippen LogP contribution in [-0.4, -0.2) is 24.5 Å². The van der Waals surface area contributed by atoms with Gasteiger partial charge < -0.3 is 4.90 Å². The number of aliphatic imine (C=N–C) groups is 1. The molecule has 1 N–H and O–H groups in total. The predicted molar refractivity (Wildman–Crippen MR) is 82.3 cm³/mol. The molecule has 2 rings (SSSR count). The minimum Gasteiger partial charge on any atom is -0.370 e. The van der Waals surface area contributed by atoms with Gasteiger partial charge >= 0.3 is 0 Å². The van der Waals surface area contributed by atoms with Crippen LogP contribution in [0.15, 0.2) is 23.2 Å². The summed E-state index contributed by atoms with van der Waals surface area (Å²) in [7, 11) is 0. The van der Waals surface area contributed by atoms with Crippen molar-refractivity contribution >= 4 is 39.9 Å². The summed E-state index contributed by atoms with van der Waals surface area (Å²) in [5.74, 6) is 0. The number of hydrogen-bond acceptors (Lipinski definition) is 4. The SMILES string of the molecule is CSC(=Nc1ccc(N2CCCC2)c(Cl)c1)NC#N. The maximum atomic E-state index is 8.60. The Balaban J connectivity index is 2.21. The molecular weight excluding hydrogens is 280 g/mol. The third-order valence-corrected chi connectivity index (χ3v) is 3.85. The Hall–Kier alpha value is -1.38. The van der Waals surface area contributed by atoms with E-state index in [0.717, 1.165) is 24.5 Å². The summed E-state index contributed by atoms with van der Waals surface area (Å²) in [6.45, 7) is 2.13. The molecule has 19 heavy (non-hydrogen) atoms. The molecule has 0 aliphatic carbocycles. The van der Waals surface area contributed by atoms with Crippen LogP contribution in [0.2, 0.25) is 5.02 Å². The average molecular weight is 295 g/mol. The maximum absolute atomic E-state index is 8.60. The van der Waals surface area contributed by atoms with Crippen LogP contribution in [0.1, 0.15) is 12.8 Å². The number of rotatable bonds is 2. The number of nitrogens with one attached hydrogen (secondary N) is 1. The third kappa shape index (κ3) is 3.55. The Labute approximate surface area is 122 Å². The second-order valence-electron chi connectivity index (χ2n) is 4.19. The molecule has 1 heterocycles. The second-order valence-corrected chi connectivity index (χ2v) is 5.39. The number of halogens is 1. The van der Waals surface area contributed by atoms with E-state index in [-0.39, 0.29) is 0 Å². The summed E-state index contributed by atoms with van der Waals surface area (Å²) in [6.07, 6.45) is 6.17. The molecule has 0 bridgehead atoms. The van der Waals surface area contributed by atoms with Gasteiger partial charge in [0, 0.05) is 13.1 Å². The lowest BCUT2D eigenvalue weighted by Gasteiger charge is -2.19. The summed E-state index contributed by atoms with van der Waals surface area (Å²) in [4.78, 5) is 6.63. The third-order valence-electron chi connectivity index (χ3n) is 2.96.